The van der Waals surface area contributed by atoms with E-state index in [9.17, 15) is 24.9 Å². The number of nitrogens with one attached hydrogen (secondary N) is 1. The van der Waals surface area contributed by atoms with Crippen molar-refractivity contribution in [2.24, 2.45) is 0 Å². The van der Waals surface area contributed by atoms with E-state index in [4.69, 9.17) is 11.6 Å². The summed E-state index contributed by atoms with van der Waals surface area (Å²) in [5.41, 5.74) is 1.42. The van der Waals surface area contributed by atoms with E-state index in [1.165, 1.54) is 4.90 Å². The number of likely N-dealkylation sites (tertiary alicyclic amines) is 1. The number of hydrogen-bond acceptors (Lipinski definition) is 6. The van der Waals surface area contributed by atoms with Crippen LogP contribution in [0.2, 0.25) is 5.02 Å². The summed E-state index contributed by atoms with van der Waals surface area (Å²) in [5, 5.41) is 37.9. The van der Waals surface area contributed by atoms with Crippen LogP contribution in [0, 0.1) is 6.92 Å². The zero-order chi connectivity index (χ0) is 25.2. The van der Waals surface area contributed by atoms with Gasteiger partial charge in [-0.2, -0.15) is 5.10 Å². The van der Waals surface area contributed by atoms with Crippen molar-refractivity contribution in [3.05, 3.63) is 40.5 Å². The van der Waals surface area contributed by atoms with Crippen LogP contribution in [0.3, 0.4) is 0 Å². The Hall–Kier alpha value is -2.46. The summed E-state index contributed by atoms with van der Waals surface area (Å²) in [6.07, 6.45) is 3.58. The Morgan fingerprint density at radius 2 is 1.77 bits per heavy atom. The molecule has 1 aliphatic carbocycles. The third-order valence-electron chi connectivity index (χ3n) is 7.00. The van der Waals surface area contributed by atoms with Gasteiger partial charge in [0, 0.05) is 30.9 Å². The van der Waals surface area contributed by atoms with E-state index in [1.54, 1.807) is 22.9 Å². The number of carbonyl (C=O) groups is 2. The van der Waals surface area contributed by atoms with Crippen LogP contribution in [0.4, 0.5) is 0 Å². The minimum atomic E-state index is -0.935. The predicted octanol–water partition coefficient (Wildman–Crippen LogP) is 1.89. The van der Waals surface area contributed by atoms with E-state index >= 15 is 0 Å². The van der Waals surface area contributed by atoms with Crippen molar-refractivity contribution >= 4 is 23.4 Å². The maximum absolute atomic E-state index is 12.9. The average Bonchev–Trinajstić information content (AvgIpc) is 3.26. The van der Waals surface area contributed by atoms with E-state index in [0.717, 1.165) is 31.4 Å². The topological polar surface area (TPSA) is 128 Å². The fraction of sp³-hybridized carbons (Fsp3) is 0.560. The summed E-state index contributed by atoms with van der Waals surface area (Å²) >= 11 is 6.32. The molecule has 1 aromatic heterocycles. The molecule has 0 bridgehead atoms. The summed E-state index contributed by atoms with van der Waals surface area (Å²) in [4.78, 5) is 26.9. The molecule has 9 nitrogen and oxygen atoms in total. The van der Waals surface area contributed by atoms with Crippen molar-refractivity contribution < 1.29 is 24.9 Å². The highest BCUT2D eigenvalue weighted by Crippen LogP contribution is 2.28. The molecule has 2 fully saturated rings. The fourth-order valence-electron chi connectivity index (χ4n) is 4.77. The number of benzene rings is 1. The van der Waals surface area contributed by atoms with Gasteiger partial charge in [0.2, 0.25) is 5.91 Å². The fourth-order valence-corrected chi connectivity index (χ4v) is 4.98. The van der Waals surface area contributed by atoms with Gasteiger partial charge in [0.1, 0.15) is 6.54 Å². The molecule has 1 saturated heterocycles. The summed E-state index contributed by atoms with van der Waals surface area (Å²) in [6, 6.07) is 6.88. The minimum Gasteiger partial charge on any atom is -0.388 e. The Balaban J connectivity index is 1.45. The van der Waals surface area contributed by atoms with Crippen LogP contribution in [0.25, 0.3) is 11.3 Å². The third kappa shape index (κ3) is 6.03. The van der Waals surface area contributed by atoms with Gasteiger partial charge in [-0.3, -0.25) is 14.3 Å². The first kappa shape index (κ1) is 25.6. The number of aliphatic hydroxyl groups is 3. The van der Waals surface area contributed by atoms with Gasteiger partial charge in [0.15, 0.2) is 0 Å². The molecule has 1 saturated carbocycles. The smallest absolute Gasteiger partial charge is 0.252 e. The number of hydrogen-bond donors (Lipinski definition) is 4. The Bertz CT molecular complexity index is 1070. The predicted molar refractivity (Wildman–Crippen MR) is 131 cm³/mol. The Labute approximate surface area is 209 Å². The van der Waals surface area contributed by atoms with E-state index in [2.05, 4.69) is 10.4 Å². The molecule has 35 heavy (non-hydrogen) atoms. The van der Waals surface area contributed by atoms with Crippen molar-refractivity contribution in [1.82, 2.24) is 20.0 Å². The van der Waals surface area contributed by atoms with Crippen molar-refractivity contribution in [2.45, 2.75) is 69.8 Å². The number of aliphatic hydroxyl groups excluding tert-OH is 2. The van der Waals surface area contributed by atoms with Crippen LogP contribution in [-0.4, -0.2) is 79.3 Å². The lowest BCUT2D eigenvalue weighted by Crippen LogP contribution is -2.42. The van der Waals surface area contributed by atoms with Crippen LogP contribution in [0.1, 0.15) is 54.6 Å². The lowest BCUT2D eigenvalue weighted by Gasteiger charge is -2.26. The first-order chi connectivity index (χ1) is 16.6. The molecule has 0 spiro atoms. The molecule has 190 valence electrons. The normalized spacial score (nSPS) is 22.1. The lowest BCUT2D eigenvalue weighted by atomic mass is 9.94. The molecular weight excluding hydrogens is 472 g/mol. The van der Waals surface area contributed by atoms with Gasteiger partial charge in [0.25, 0.3) is 5.91 Å². The van der Waals surface area contributed by atoms with Gasteiger partial charge in [-0.05, 0) is 38.0 Å². The molecule has 2 amide bonds. The quantitative estimate of drug-likeness (QED) is 0.445. The Morgan fingerprint density at radius 1 is 1.11 bits per heavy atom. The number of halogens is 1. The molecule has 10 heteroatoms. The number of carbonyl (C=O) groups excluding carboxylic acids is 2. The highest BCUT2D eigenvalue weighted by molar-refractivity contribution is 6.34. The minimum absolute atomic E-state index is 0.0230. The molecule has 0 unspecified atom stereocenters. The lowest BCUT2D eigenvalue weighted by molar-refractivity contribution is -0.131. The van der Waals surface area contributed by atoms with Gasteiger partial charge in [-0.1, -0.05) is 43.4 Å². The van der Waals surface area contributed by atoms with Crippen molar-refractivity contribution in [1.29, 1.82) is 0 Å². The average molecular weight is 505 g/mol. The first-order valence-electron chi connectivity index (χ1n) is 12.1. The molecule has 2 heterocycles. The van der Waals surface area contributed by atoms with Gasteiger partial charge in [0.05, 0.1) is 34.1 Å². The second kappa shape index (κ2) is 10.7. The molecule has 4 N–H and O–H groups in total. The highest BCUT2D eigenvalue weighted by atomic mass is 35.5. The summed E-state index contributed by atoms with van der Waals surface area (Å²) in [6.45, 7) is 2.18. The second-order valence-corrected chi connectivity index (χ2v) is 10.2. The van der Waals surface area contributed by atoms with Gasteiger partial charge < -0.3 is 25.5 Å². The largest absolute Gasteiger partial charge is 0.388 e. The third-order valence-corrected chi connectivity index (χ3v) is 7.33. The van der Waals surface area contributed by atoms with Crippen LogP contribution >= 0.6 is 11.6 Å². The monoisotopic (exact) mass is 504 g/mol. The second-order valence-electron chi connectivity index (χ2n) is 9.78. The van der Waals surface area contributed by atoms with Gasteiger partial charge in [-0.25, -0.2) is 0 Å². The zero-order valence-electron chi connectivity index (χ0n) is 19.9. The zero-order valence-corrected chi connectivity index (χ0v) is 20.7. The molecule has 0 radical (unpaired) electrons. The maximum atomic E-state index is 12.9. The summed E-state index contributed by atoms with van der Waals surface area (Å²) in [7, 11) is 0. The summed E-state index contributed by atoms with van der Waals surface area (Å²) in [5.74, 6) is -0.599. The van der Waals surface area contributed by atoms with E-state index < -0.39 is 17.8 Å². The molecule has 4 rings (SSSR count). The number of amides is 2. The van der Waals surface area contributed by atoms with Crippen molar-refractivity contribution in [3.63, 3.8) is 0 Å². The van der Waals surface area contributed by atoms with E-state index in [-0.39, 0.29) is 38.0 Å². The Kier molecular flexibility index (Phi) is 7.80. The first-order valence-corrected chi connectivity index (χ1v) is 12.5. The molecule has 1 aliphatic heterocycles. The Morgan fingerprint density at radius 3 is 2.43 bits per heavy atom. The standard InChI is InChI=1S/C25H33ClN4O5/c1-16-10-20(28-30(16)14-23(33)29-12-21(31)22(32)13-29)17-6-7-19(26)18(11-17)24(34)27-15-25(35)8-4-2-3-5-9-25/h6-7,10-11,21-22,31-32,35H,2-5,8-9,12-15H2,1H3,(H,27,34)/t21-,22-/m0/s1. The van der Waals surface area contributed by atoms with Gasteiger partial charge in [-0.15, -0.1) is 0 Å². The summed E-state index contributed by atoms with van der Waals surface area (Å²) < 4.78 is 1.56. The number of aryl methyl sites for hydroxylation is 1. The van der Waals surface area contributed by atoms with Crippen LogP contribution in [0.15, 0.2) is 24.3 Å². The molecule has 2 aliphatic rings. The maximum Gasteiger partial charge on any atom is 0.252 e. The van der Waals surface area contributed by atoms with Crippen LogP contribution in [-0.2, 0) is 11.3 Å². The number of β-amino-alcohol motifs (C(OH)–C–C–N with tert-alkyl or cyclic N) is 2. The molecule has 2 aromatic rings. The molecule has 2 atom stereocenters. The van der Waals surface area contributed by atoms with E-state index in [0.29, 0.717) is 34.7 Å². The van der Waals surface area contributed by atoms with Crippen LogP contribution in [0.5, 0.6) is 0 Å². The van der Waals surface area contributed by atoms with Gasteiger partial charge >= 0.3 is 0 Å². The van der Waals surface area contributed by atoms with Crippen molar-refractivity contribution in [3.8, 4) is 11.3 Å². The number of nitrogens with zero attached hydrogens (tertiary/aromatic N) is 3. The number of rotatable bonds is 6. The SMILES string of the molecule is Cc1cc(-c2ccc(Cl)c(C(=O)NCC3(O)CCCCCC3)c2)nn1CC(=O)N1C[C@H](O)[C@@H](O)C1. The van der Waals surface area contributed by atoms with Crippen molar-refractivity contribution in [2.75, 3.05) is 19.6 Å². The van der Waals surface area contributed by atoms with E-state index in [1.807, 2.05) is 13.0 Å². The number of aromatic nitrogens is 2. The van der Waals surface area contributed by atoms with Crippen LogP contribution < -0.4 is 5.32 Å². The molecule has 1 aromatic carbocycles. The highest BCUT2D eigenvalue weighted by Gasteiger charge is 2.33. The molecular formula is C25H33ClN4O5.